The average Bonchev–Trinajstić information content (AvgIpc) is 3.06. The summed E-state index contributed by atoms with van der Waals surface area (Å²) >= 11 is 5.85. The molecule has 1 aromatic carbocycles. The van der Waals surface area contributed by atoms with Crippen molar-refractivity contribution in [2.75, 3.05) is 31.6 Å². The van der Waals surface area contributed by atoms with Gasteiger partial charge in [0.2, 0.25) is 11.8 Å². The van der Waals surface area contributed by atoms with Gasteiger partial charge >= 0.3 is 0 Å². The number of carbonyl (C=O) groups excluding carboxylic acids is 2. The first kappa shape index (κ1) is 17.3. The minimum absolute atomic E-state index is 0.0240. The number of ether oxygens (including phenoxy) is 1. The third-order valence-corrected chi connectivity index (χ3v) is 4.43. The zero-order chi connectivity index (χ0) is 18.0. The predicted molar refractivity (Wildman–Crippen MR) is 93.9 cm³/mol. The highest BCUT2D eigenvalue weighted by Gasteiger charge is 2.32. The number of anilines is 1. The summed E-state index contributed by atoms with van der Waals surface area (Å²) in [6, 6.07) is 6.83. The molecule has 132 valence electrons. The van der Waals surface area contributed by atoms with Crippen LogP contribution in [0.1, 0.15) is 13.0 Å². The molecule has 0 radical (unpaired) electrons. The second kappa shape index (κ2) is 7.14. The molecule has 25 heavy (non-hydrogen) atoms. The van der Waals surface area contributed by atoms with Crippen molar-refractivity contribution in [1.82, 2.24) is 14.7 Å². The quantitative estimate of drug-likeness (QED) is 0.834. The highest BCUT2D eigenvalue weighted by molar-refractivity contribution is 6.30. The Balaban J connectivity index is 1.71. The first-order valence-electron chi connectivity index (χ1n) is 7.93. The minimum atomic E-state index is -0.516. The molecule has 0 bridgehead atoms. The highest BCUT2D eigenvalue weighted by atomic mass is 35.5. The van der Waals surface area contributed by atoms with Gasteiger partial charge in [-0.3, -0.25) is 14.3 Å². The van der Waals surface area contributed by atoms with Crippen molar-refractivity contribution in [3.05, 3.63) is 41.7 Å². The van der Waals surface area contributed by atoms with Crippen LogP contribution in [0.4, 0.5) is 5.69 Å². The molecule has 1 aromatic heterocycles. The van der Waals surface area contributed by atoms with Gasteiger partial charge in [0.15, 0.2) is 0 Å². The third kappa shape index (κ3) is 3.46. The second-order valence-electron chi connectivity index (χ2n) is 5.79. The second-order valence-corrected chi connectivity index (χ2v) is 6.23. The molecule has 0 N–H and O–H groups in total. The zero-order valence-corrected chi connectivity index (χ0v) is 14.8. The van der Waals surface area contributed by atoms with Gasteiger partial charge in [0.1, 0.15) is 18.3 Å². The standard InChI is InChI=1S/C17H19ClN4O3/c1-12(22-10-13(18)9-19-22)17(24)20-7-8-21(16(23)11-20)14-5-3-4-6-15(14)25-2/h3-6,9-10,12H,7-8,11H2,1-2H3. The van der Waals surface area contributed by atoms with Crippen LogP contribution in [0.3, 0.4) is 0 Å². The van der Waals surface area contributed by atoms with Crippen LogP contribution >= 0.6 is 11.6 Å². The molecule has 0 spiro atoms. The fourth-order valence-electron chi connectivity index (χ4n) is 2.87. The van der Waals surface area contributed by atoms with Crippen LogP contribution in [0.25, 0.3) is 0 Å². The lowest BCUT2D eigenvalue weighted by molar-refractivity contribution is -0.139. The van der Waals surface area contributed by atoms with Gasteiger partial charge in [-0.1, -0.05) is 23.7 Å². The number of rotatable bonds is 4. The van der Waals surface area contributed by atoms with Crippen LogP contribution in [0.2, 0.25) is 5.02 Å². The van der Waals surface area contributed by atoms with Crippen molar-refractivity contribution in [3.8, 4) is 5.75 Å². The topological polar surface area (TPSA) is 67.7 Å². The lowest BCUT2D eigenvalue weighted by Crippen LogP contribution is -2.53. The maximum atomic E-state index is 12.6. The molecule has 8 heteroatoms. The van der Waals surface area contributed by atoms with E-state index >= 15 is 0 Å². The Morgan fingerprint density at radius 2 is 2.08 bits per heavy atom. The van der Waals surface area contributed by atoms with Crippen LogP contribution in [0, 0.1) is 0 Å². The normalized spacial score (nSPS) is 16.0. The number of piperazine rings is 1. The molecular formula is C17H19ClN4O3. The molecular weight excluding hydrogens is 344 g/mol. The van der Waals surface area contributed by atoms with E-state index in [1.165, 1.54) is 10.9 Å². The SMILES string of the molecule is COc1ccccc1N1CCN(C(=O)C(C)n2cc(Cl)cn2)CC1=O. The van der Waals surface area contributed by atoms with Crippen LogP contribution in [-0.2, 0) is 9.59 Å². The average molecular weight is 363 g/mol. The Kier molecular flexibility index (Phi) is 4.94. The van der Waals surface area contributed by atoms with E-state index in [0.717, 1.165) is 0 Å². The first-order chi connectivity index (χ1) is 12.0. The summed E-state index contributed by atoms with van der Waals surface area (Å²) in [4.78, 5) is 28.4. The number of aromatic nitrogens is 2. The van der Waals surface area contributed by atoms with Crippen molar-refractivity contribution in [3.63, 3.8) is 0 Å². The van der Waals surface area contributed by atoms with E-state index in [4.69, 9.17) is 16.3 Å². The largest absolute Gasteiger partial charge is 0.495 e. The number of benzene rings is 1. The van der Waals surface area contributed by atoms with E-state index in [-0.39, 0.29) is 18.4 Å². The van der Waals surface area contributed by atoms with Gasteiger partial charge in [0.25, 0.3) is 0 Å². The molecule has 1 unspecified atom stereocenters. The molecule has 1 atom stereocenters. The van der Waals surface area contributed by atoms with Crippen molar-refractivity contribution in [2.24, 2.45) is 0 Å². The van der Waals surface area contributed by atoms with Crippen molar-refractivity contribution in [2.45, 2.75) is 13.0 Å². The predicted octanol–water partition coefficient (Wildman–Crippen LogP) is 1.98. The lowest BCUT2D eigenvalue weighted by Gasteiger charge is -2.35. The fourth-order valence-corrected chi connectivity index (χ4v) is 3.02. The van der Waals surface area contributed by atoms with Gasteiger partial charge in [-0.25, -0.2) is 0 Å². The van der Waals surface area contributed by atoms with E-state index in [1.54, 1.807) is 30.0 Å². The first-order valence-corrected chi connectivity index (χ1v) is 8.31. The number of para-hydroxylation sites is 2. The summed E-state index contributed by atoms with van der Waals surface area (Å²) in [5, 5.41) is 4.53. The molecule has 1 aliphatic rings. The number of halogens is 1. The van der Waals surface area contributed by atoms with E-state index < -0.39 is 6.04 Å². The molecule has 0 aliphatic carbocycles. The number of hydrogen-bond donors (Lipinski definition) is 0. The summed E-state index contributed by atoms with van der Waals surface area (Å²) in [7, 11) is 1.57. The molecule has 7 nitrogen and oxygen atoms in total. The van der Waals surface area contributed by atoms with Gasteiger partial charge in [0, 0.05) is 19.3 Å². The van der Waals surface area contributed by atoms with E-state index in [1.807, 2.05) is 24.3 Å². The summed E-state index contributed by atoms with van der Waals surface area (Å²) in [6.07, 6.45) is 3.08. The Labute approximate surface area is 150 Å². The number of carbonyl (C=O) groups is 2. The van der Waals surface area contributed by atoms with Crippen LogP contribution < -0.4 is 9.64 Å². The molecule has 2 amide bonds. The summed E-state index contributed by atoms with van der Waals surface area (Å²) < 4.78 is 6.82. The Morgan fingerprint density at radius 1 is 1.32 bits per heavy atom. The monoisotopic (exact) mass is 362 g/mol. The van der Waals surface area contributed by atoms with Gasteiger partial charge < -0.3 is 14.5 Å². The smallest absolute Gasteiger partial charge is 0.247 e. The van der Waals surface area contributed by atoms with Crippen molar-refractivity contribution < 1.29 is 14.3 Å². The Hall–Kier alpha value is -2.54. The highest BCUT2D eigenvalue weighted by Crippen LogP contribution is 2.29. The van der Waals surface area contributed by atoms with Gasteiger partial charge in [-0.15, -0.1) is 0 Å². The molecule has 1 fully saturated rings. The van der Waals surface area contributed by atoms with E-state index in [0.29, 0.717) is 29.5 Å². The zero-order valence-electron chi connectivity index (χ0n) is 14.1. The molecule has 1 aliphatic heterocycles. The Bertz CT molecular complexity index is 792. The number of hydrogen-bond acceptors (Lipinski definition) is 4. The number of methoxy groups -OCH3 is 1. The van der Waals surface area contributed by atoms with Crippen molar-refractivity contribution >= 4 is 29.1 Å². The summed E-state index contributed by atoms with van der Waals surface area (Å²) in [5.74, 6) is 0.331. The minimum Gasteiger partial charge on any atom is -0.495 e. The van der Waals surface area contributed by atoms with Crippen molar-refractivity contribution in [1.29, 1.82) is 0 Å². The molecule has 1 saturated heterocycles. The number of nitrogens with zero attached hydrogens (tertiary/aromatic N) is 4. The van der Waals surface area contributed by atoms with Crippen LogP contribution in [0.5, 0.6) is 5.75 Å². The van der Waals surface area contributed by atoms with E-state index in [2.05, 4.69) is 5.10 Å². The maximum absolute atomic E-state index is 12.6. The number of amides is 2. The molecule has 2 aromatic rings. The molecule has 3 rings (SSSR count). The fraction of sp³-hybridized carbons (Fsp3) is 0.353. The van der Waals surface area contributed by atoms with Crippen LogP contribution in [0.15, 0.2) is 36.7 Å². The third-order valence-electron chi connectivity index (χ3n) is 4.23. The Morgan fingerprint density at radius 3 is 2.72 bits per heavy atom. The molecule has 2 heterocycles. The van der Waals surface area contributed by atoms with Gasteiger partial charge in [-0.2, -0.15) is 5.10 Å². The summed E-state index contributed by atoms with van der Waals surface area (Å²) in [6.45, 7) is 2.62. The van der Waals surface area contributed by atoms with Gasteiger partial charge in [-0.05, 0) is 19.1 Å². The molecule has 0 saturated carbocycles. The van der Waals surface area contributed by atoms with E-state index in [9.17, 15) is 9.59 Å². The van der Waals surface area contributed by atoms with Gasteiger partial charge in [0.05, 0.1) is 24.0 Å². The summed E-state index contributed by atoms with van der Waals surface area (Å²) in [5.41, 5.74) is 0.717. The maximum Gasteiger partial charge on any atom is 0.247 e. The van der Waals surface area contributed by atoms with Crippen LogP contribution in [-0.4, -0.2) is 53.2 Å². The lowest BCUT2D eigenvalue weighted by atomic mass is 10.2.